The number of aromatic amines is 1. The number of fused-ring (bicyclic) bond motifs is 1. The van der Waals surface area contributed by atoms with Gasteiger partial charge >= 0.3 is 6.03 Å². The van der Waals surface area contributed by atoms with Gasteiger partial charge in [-0.05, 0) is 40.0 Å². The van der Waals surface area contributed by atoms with Crippen LogP contribution >= 0.6 is 27.3 Å². The van der Waals surface area contributed by atoms with Crippen LogP contribution in [0.1, 0.15) is 10.4 Å². The number of H-pyrrole nitrogens is 1. The van der Waals surface area contributed by atoms with Crippen LogP contribution in [0.2, 0.25) is 0 Å². The molecule has 3 rings (SSSR count). The number of carbonyl (C=O) groups is 1. The molecule has 1 aromatic carbocycles. The van der Waals surface area contributed by atoms with Crippen LogP contribution in [0.25, 0.3) is 10.9 Å². The van der Waals surface area contributed by atoms with Crippen LogP contribution in [0.4, 0.5) is 4.79 Å². The van der Waals surface area contributed by atoms with Gasteiger partial charge in [0.05, 0.1) is 6.54 Å². The normalized spacial score (nSPS) is 10.9. The lowest BCUT2D eigenvalue weighted by molar-refractivity contribution is 0.207. The average molecular weight is 392 g/mol. The van der Waals surface area contributed by atoms with E-state index < -0.39 is 0 Å². The summed E-state index contributed by atoms with van der Waals surface area (Å²) in [5, 5.41) is 6.23. The van der Waals surface area contributed by atoms with Gasteiger partial charge < -0.3 is 15.2 Å². The maximum atomic E-state index is 12.1. The second kappa shape index (κ2) is 7.19. The first-order valence-electron chi connectivity index (χ1n) is 7.40. The molecule has 0 atom stereocenters. The van der Waals surface area contributed by atoms with Crippen molar-refractivity contribution in [3.63, 3.8) is 0 Å². The predicted molar refractivity (Wildman–Crippen MR) is 98.9 cm³/mol. The Labute approximate surface area is 147 Å². The van der Waals surface area contributed by atoms with E-state index in [4.69, 9.17) is 0 Å². The fourth-order valence-corrected chi connectivity index (χ4v) is 4.02. The SMILES string of the molecule is CN(Cc1cc(Br)cs1)C(=O)NCCc1c[nH]c2ccccc12. The van der Waals surface area contributed by atoms with E-state index in [1.54, 1.807) is 16.2 Å². The van der Waals surface area contributed by atoms with Gasteiger partial charge in [-0.3, -0.25) is 0 Å². The molecule has 3 aromatic rings. The Hall–Kier alpha value is -1.79. The predicted octanol–water partition coefficient (Wildman–Crippen LogP) is 4.38. The third kappa shape index (κ3) is 3.95. The number of hydrogen-bond acceptors (Lipinski definition) is 2. The highest BCUT2D eigenvalue weighted by Gasteiger charge is 2.10. The maximum absolute atomic E-state index is 12.1. The van der Waals surface area contributed by atoms with Crippen molar-refractivity contribution in [2.75, 3.05) is 13.6 Å². The Morgan fingerprint density at radius 3 is 3.00 bits per heavy atom. The Morgan fingerprint density at radius 1 is 1.39 bits per heavy atom. The van der Waals surface area contributed by atoms with E-state index in [1.807, 2.05) is 36.8 Å². The van der Waals surface area contributed by atoms with E-state index in [0.717, 1.165) is 21.3 Å². The van der Waals surface area contributed by atoms with Crippen molar-refractivity contribution in [3.8, 4) is 0 Å². The maximum Gasteiger partial charge on any atom is 0.317 e. The van der Waals surface area contributed by atoms with Gasteiger partial charge in [0.1, 0.15) is 0 Å². The molecule has 0 spiro atoms. The number of nitrogens with one attached hydrogen (secondary N) is 2. The Bertz CT molecular complexity index is 811. The molecule has 0 aliphatic carbocycles. The summed E-state index contributed by atoms with van der Waals surface area (Å²) in [5.74, 6) is 0. The van der Waals surface area contributed by atoms with Crippen LogP contribution < -0.4 is 5.32 Å². The van der Waals surface area contributed by atoms with Crippen molar-refractivity contribution in [1.82, 2.24) is 15.2 Å². The molecule has 2 amide bonds. The summed E-state index contributed by atoms with van der Waals surface area (Å²) < 4.78 is 1.06. The fourth-order valence-electron chi connectivity index (χ4n) is 2.52. The lowest BCUT2D eigenvalue weighted by atomic mass is 10.1. The highest BCUT2D eigenvalue weighted by molar-refractivity contribution is 9.10. The lowest BCUT2D eigenvalue weighted by Gasteiger charge is -2.17. The van der Waals surface area contributed by atoms with Crippen LogP contribution in [-0.4, -0.2) is 29.5 Å². The largest absolute Gasteiger partial charge is 0.361 e. The minimum atomic E-state index is -0.0469. The number of hydrogen-bond donors (Lipinski definition) is 2. The van der Waals surface area contributed by atoms with Crippen molar-refractivity contribution in [1.29, 1.82) is 0 Å². The quantitative estimate of drug-likeness (QED) is 0.665. The van der Waals surface area contributed by atoms with Crippen molar-refractivity contribution >= 4 is 44.2 Å². The molecule has 4 nitrogen and oxygen atoms in total. The molecule has 6 heteroatoms. The molecule has 0 aliphatic rings. The van der Waals surface area contributed by atoms with Gasteiger partial charge in [0.25, 0.3) is 0 Å². The first-order valence-corrected chi connectivity index (χ1v) is 9.07. The van der Waals surface area contributed by atoms with Crippen LogP contribution in [0.3, 0.4) is 0 Å². The van der Waals surface area contributed by atoms with Crippen LogP contribution in [0, 0.1) is 0 Å². The second-order valence-corrected chi connectivity index (χ2v) is 7.34. The number of nitrogens with zero attached hydrogens (tertiary/aromatic N) is 1. The number of para-hydroxylation sites is 1. The third-order valence-electron chi connectivity index (χ3n) is 3.71. The zero-order valence-electron chi connectivity index (χ0n) is 12.8. The number of aromatic nitrogens is 1. The summed E-state index contributed by atoms with van der Waals surface area (Å²) >= 11 is 5.08. The molecule has 0 saturated carbocycles. The monoisotopic (exact) mass is 391 g/mol. The van der Waals surface area contributed by atoms with E-state index in [2.05, 4.69) is 38.4 Å². The highest BCUT2D eigenvalue weighted by atomic mass is 79.9. The van der Waals surface area contributed by atoms with Crippen molar-refractivity contribution in [2.45, 2.75) is 13.0 Å². The molecule has 120 valence electrons. The van der Waals surface area contributed by atoms with Gasteiger partial charge in [0.2, 0.25) is 0 Å². The zero-order valence-corrected chi connectivity index (χ0v) is 15.2. The number of urea groups is 1. The summed E-state index contributed by atoms with van der Waals surface area (Å²) in [6, 6.07) is 10.2. The molecule has 0 radical (unpaired) electrons. The van der Waals surface area contributed by atoms with Gasteiger partial charge in [-0.1, -0.05) is 18.2 Å². The van der Waals surface area contributed by atoms with Gasteiger partial charge in [-0.2, -0.15) is 0 Å². The average Bonchev–Trinajstić information content (AvgIpc) is 3.14. The molecule has 0 fully saturated rings. The molecule has 0 saturated heterocycles. The number of thiophene rings is 1. The Morgan fingerprint density at radius 2 is 2.22 bits per heavy atom. The highest BCUT2D eigenvalue weighted by Crippen LogP contribution is 2.21. The van der Waals surface area contributed by atoms with E-state index in [9.17, 15) is 4.79 Å². The molecule has 0 bridgehead atoms. The third-order valence-corrected chi connectivity index (χ3v) is 5.39. The Kier molecular flexibility index (Phi) is 5.03. The van der Waals surface area contributed by atoms with Crippen LogP contribution in [0.5, 0.6) is 0 Å². The number of carbonyl (C=O) groups excluding carboxylic acids is 1. The number of halogens is 1. The molecule has 2 N–H and O–H groups in total. The van der Waals surface area contributed by atoms with Gasteiger partial charge in [0, 0.05) is 45.4 Å². The topological polar surface area (TPSA) is 48.1 Å². The smallest absolute Gasteiger partial charge is 0.317 e. The van der Waals surface area contributed by atoms with E-state index in [-0.39, 0.29) is 6.03 Å². The molecule has 2 aromatic heterocycles. The summed E-state index contributed by atoms with van der Waals surface area (Å²) in [7, 11) is 1.81. The standard InChI is InChI=1S/C17H18BrN3OS/c1-21(10-14-8-13(18)11-23-14)17(22)19-7-6-12-9-20-16-5-3-2-4-15(12)16/h2-5,8-9,11,20H,6-7,10H2,1H3,(H,19,22). The van der Waals surface area contributed by atoms with E-state index in [0.29, 0.717) is 13.1 Å². The minimum Gasteiger partial charge on any atom is -0.361 e. The molecular weight excluding hydrogens is 374 g/mol. The van der Waals surface area contributed by atoms with Crippen molar-refractivity contribution in [2.24, 2.45) is 0 Å². The first-order chi connectivity index (χ1) is 11.1. The second-order valence-electron chi connectivity index (χ2n) is 5.43. The zero-order chi connectivity index (χ0) is 16.2. The first kappa shape index (κ1) is 16.1. The number of amides is 2. The lowest BCUT2D eigenvalue weighted by Crippen LogP contribution is -2.37. The number of rotatable bonds is 5. The van der Waals surface area contributed by atoms with Gasteiger partial charge in [-0.15, -0.1) is 11.3 Å². The fraction of sp³-hybridized carbons (Fsp3) is 0.235. The van der Waals surface area contributed by atoms with E-state index in [1.165, 1.54) is 10.9 Å². The van der Waals surface area contributed by atoms with Gasteiger partial charge in [-0.25, -0.2) is 4.79 Å². The van der Waals surface area contributed by atoms with Crippen molar-refractivity contribution in [3.05, 3.63) is 56.8 Å². The van der Waals surface area contributed by atoms with Crippen LogP contribution in [-0.2, 0) is 13.0 Å². The van der Waals surface area contributed by atoms with Gasteiger partial charge in [0.15, 0.2) is 0 Å². The summed E-state index contributed by atoms with van der Waals surface area (Å²) in [6.07, 6.45) is 2.83. The molecule has 0 unspecified atom stereocenters. The Balaban J connectivity index is 1.50. The molecule has 23 heavy (non-hydrogen) atoms. The summed E-state index contributed by atoms with van der Waals surface area (Å²) in [4.78, 5) is 18.3. The van der Waals surface area contributed by atoms with E-state index >= 15 is 0 Å². The van der Waals surface area contributed by atoms with Crippen LogP contribution in [0.15, 0.2) is 46.4 Å². The summed E-state index contributed by atoms with van der Waals surface area (Å²) in [6.45, 7) is 1.24. The molecular formula is C17H18BrN3OS. The minimum absolute atomic E-state index is 0.0469. The van der Waals surface area contributed by atoms with Crippen molar-refractivity contribution < 1.29 is 4.79 Å². The molecule has 2 heterocycles. The molecule has 0 aliphatic heterocycles. The summed E-state index contributed by atoms with van der Waals surface area (Å²) in [5.41, 5.74) is 2.36. The number of benzene rings is 1.